The van der Waals surface area contributed by atoms with Crippen LogP contribution < -0.4 is 16.6 Å². The lowest BCUT2D eigenvalue weighted by Crippen LogP contribution is -2.40. The Morgan fingerprint density at radius 1 is 1.38 bits per heavy atom. The number of nitrogens with one attached hydrogen (secondary N) is 1. The average molecular weight is 305 g/mol. The van der Waals surface area contributed by atoms with Gasteiger partial charge in [0.2, 0.25) is 0 Å². The van der Waals surface area contributed by atoms with Gasteiger partial charge in [0, 0.05) is 25.2 Å². The van der Waals surface area contributed by atoms with Gasteiger partial charge in [0.05, 0.1) is 6.04 Å². The molecule has 0 radical (unpaired) electrons. The number of rotatable bonds is 3. The Balaban J connectivity index is 2.52. The molecule has 2 aromatic heterocycles. The molecule has 0 saturated carbocycles. The number of aryl methyl sites for hydroxylation is 1. The molecule has 1 N–H and O–H groups in total. The highest BCUT2D eigenvalue weighted by Gasteiger charge is 2.18. The molecule has 0 bridgehead atoms. The van der Waals surface area contributed by atoms with E-state index in [1.54, 1.807) is 6.20 Å². The fourth-order valence-corrected chi connectivity index (χ4v) is 2.73. The lowest BCUT2D eigenvalue weighted by Gasteiger charge is -2.17. The number of nitriles is 1. The van der Waals surface area contributed by atoms with E-state index >= 15 is 0 Å². The van der Waals surface area contributed by atoms with Gasteiger partial charge in [0.25, 0.3) is 5.56 Å². The van der Waals surface area contributed by atoms with Crippen molar-refractivity contribution in [3.05, 3.63) is 42.5 Å². The number of nitrogens with zero attached hydrogens (tertiary/aromatic N) is 4. The zero-order chi connectivity index (χ0) is 15.7. The van der Waals surface area contributed by atoms with Gasteiger partial charge < -0.3 is 5.32 Å². The SMILES string of the molecule is Cc1cnc(C(C)Nc2c(C#N)c(=O)n(C)c(=O)n2C)s1. The number of hydrogen-bond donors (Lipinski definition) is 1. The largest absolute Gasteiger partial charge is 0.361 e. The van der Waals surface area contributed by atoms with E-state index < -0.39 is 11.2 Å². The highest BCUT2D eigenvalue weighted by atomic mass is 32.1. The summed E-state index contributed by atoms with van der Waals surface area (Å²) in [6, 6.07) is 1.65. The molecular weight excluding hydrogens is 290 g/mol. The standard InChI is InChI=1S/C13H15N5O2S/c1-7-6-15-11(21-7)8(2)16-10-9(5-14)12(19)18(4)13(20)17(10)3/h6,8,16H,1-4H3. The van der Waals surface area contributed by atoms with E-state index in [0.717, 1.165) is 14.5 Å². The van der Waals surface area contributed by atoms with Crippen molar-refractivity contribution in [3.63, 3.8) is 0 Å². The predicted octanol–water partition coefficient (Wildman–Crippen LogP) is 0.894. The van der Waals surface area contributed by atoms with Gasteiger partial charge in [-0.1, -0.05) is 0 Å². The summed E-state index contributed by atoms with van der Waals surface area (Å²) in [7, 11) is 2.87. The molecule has 2 rings (SSSR count). The molecule has 7 nitrogen and oxygen atoms in total. The van der Waals surface area contributed by atoms with Crippen molar-refractivity contribution < 1.29 is 0 Å². The maximum atomic E-state index is 12.0. The fraction of sp³-hybridized carbons (Fsp3) is 0.385. The van der Waals surface area contributed by atoms with Crippen LogP contribution in [0.3, 0.4) is 0 Å². The van der Waals surface area contributed by atoms with Gasteiger partial charge in [-0.2, -0.15) is 5.26 Å². The minimum Gasteiger partial charge on any atom is -0.361 e. The van der Waals surface area contributed by atoms with Crippen LogP contribution in [0.2, 0.25) is 0 Å². The molecule has 0 aliphatic carbocycles. The molecule has 0 aliphatic heterocycles. The molecule has 21 heavy (non-hydrogen) atoms. The lowest BCUT2D eigenvalue weighted by molar-refractivity contribution is 0.678. The summed E-state index contributed by atoms with van der Waals surface area (Å²) in [5, 5.41) is 13.1. The van der Waals surface area contributed by atoms with E-state index in [4.69, 9.17) is 0 Å². The molecule has 0 aromatic carbocycles. The van der Waals surface area contributed by atoms with E-state index in [1.807, 2.05) is 19.9 Å². The first-order valence-electron chi connectivity index (χ1n) is 6.25. The number of aromatic nitrogens is 3. The summed E-state index contributed by atoms with van der Waals surface area (Å²) in [6.07, 6.45) is 1.76. The van der Waals surface area contributed by atoms with Crippen LogP contribution in [0.15, 0.2) is 15.8 Å². The van der Waals surface area contributed by atoms with Gasteiger partial charge in [-0.3, -0.25) is 13.9 Å². The van der Waals surface area contributed by atoms with Gasteiger partial charge in [-0.05, 0) is 13.8 Å². The quantitative estimate of drug-likeness (QED) is 0.909. The molecule has 0 aliphatic rings. The Morgan fingerprint density at radius 3 is 2.57 bits per heavy atom. The maximum Gasteiger partial charge on any atom is 0.332 e. The van der Waals surface area contributed by atoms with Crippen molar-refractivity contribution in [1.82, 2.24) is 14.1 Å². The van der Waals surface area contributed by atoms with Gasteiger partial charge in [0.1, 0.15) is 16.9 Å². The Kier molecular flexibility index (Phi) is 3.95. The second-order valence-corrected chi connectivity index (χ2v) is 5.98. The first-order chi connectivity index (χ1) is 9.86. The molecule has 1 atom stereocenters. The molecule has 8 heteroatoms. The number of anilines is 1. The molecule has 110 valence electrons. The van der Waals surface area contributed by atoms with Gasteiger partial charge >= 0.3 is 5.69 Å². The van der Waals surface area contributed by atoms with Crippen molar-refractivity contribution in [3.8, 4) is 6.07 Å². The van der Waals surface area contributed by atoms with E-state index in [1.165, 1.54) is 30.0 Å². The van der Waals surface area contributed by atoms with E-state index in [2.05, 4.69) is 10.3 Å². The molecule has 2 aromatic rings. The summed E-state index contributed by atoms with van der Waals surface area (Å²) in [6.45, 7) is 3.81. The van der Waals surface area contributed by atoms with Crippen LogP contribution in [-0.2, 0) is 14.1 Å². The molecule has 0 saturated heterocycles. The normalized spacial score (nSPS) is 12.0. The number of hydrogen-bond acceptors (Lipinski definition) is 6. The molecule has 1 unspecified atom stereocenters. The van der Waals surface area contributed by atoms with Crippen molar-refractivity contribution in [2.45, 2.75) is 19.9 Å². The molecule has 0 spiro atoms. The zero-order valence-corrected chi connectivity index (χ0v) is 13.0. The van der Waals surface area contributed by atoms with Crippen LogP contribution in [0.1, 0.15) is 28.4 Å². The maximum absolute atomic E-state index is 12.0. The minimum atomic E-state index is -0.606. The van der Waals surface area contributed by atoms with Crippen LogP contribution in [-0.4, -0.2) is 14.1 Å². The smallest absolute Gasteiger partial charge is 0.332 e. The lowest BCUT2D eigenvalue weighted by atomic mass is 10.2. The Labute approximate surface area is 125 Å². The second-order valence-electron chi connectivity index (χ2n) is 4.72. The highest BCUT2D eigenvalue weighted by Crippen LogP contribution is 2.23. The first-order valence-corrected chi connectivity index (χ1v) is 7.07. The van der Waals surface area contributed by atoms with Crippen molar-refractivity contribution in [2.24, 2.45) is 14.1 Å². The molecule has 0 fully saturated rings. The van der Waals surface area contributed by atoms with Crippen molar-refractivity contribution >= 4 is 17.2 Å². The van der Waals surface area contributed by atoms with Crippen LogP contribution in [0.5, 0.6) is 0 Å². The zero-order valence-electron chi connectivity index (χ0n) is 12.2. The van der Waals surface area contributed by atoms with Crippen molar-refractivity contribution in [2.75, 3.05) is 5.32 Å². The van der Waals surface area contributed by atoms with Crippen LogP contribution in [0.25, 0.3) is 0 Å². The third-order valence-corrected chi connectivity index (χ3v) is 4.23. The monoisotopic (exact) mass is 305 g/mol. The first kappa shape index (κ1) is 15.0. The number of thiazole rings is 1. The summed E-state index contributed by atoms with van der Waals surface area (Å²) >= 11 is 1.52. The van der Waals surface area contributed by atoms with Gasteiger partial charge in [0.15, 0.2) is 5.56 Å². The highest BCUT2D eigenvalue weighted by molar-refractivity contribution is 7.11. The molecule has 2 heterocycles. The minimum absolute atomic E-state index is 0.0836. The Hall–Kier alpha value is -2.40. The van der Waals surface area contributed by atoms with E-state index in [-0.39, 0.29) is 17.4 Å². The third-order valence-electron chi connectivity index (χ3n) is 3.14. The van der Waals surface area contributed by atoms with E-state index in [0.29, 0.717) is 0 Å². The topological polar surface area (TPSA) is 92.7 Å². The van der Waals surface area contributed by atoms with Crippen molar-refractivity contribution in [1.29, 1.82) is 5.26 Å². The molecule has 0 amide bonds. The van der Waals surface area contributed by atoms with Crippen LogP contribution >= 0.6 is 11.3 Å². The van der Waals surface area contributed by atoms with E-state index in [9.17, 15) is 14.9 Å². The summed E-state index contributed by atoms with van der Waals surface area (Å²) in [4.78, 5) is 29.3. The Bertz CT molecular complexity index is 840. The van der Waals surface area contributed by atoms with Gasteiger partial charge in [-0.25, -0.2) is 9.78 Å². The van der Waals surface area contributed by atoms with Crippen LogP contribution in [0, 0.1) is 18.3 Å². The Morgan fingerprint density at radius 2 is 2.05 bits per heavy atom. The third kappa shape index (κ3) is 2.60. The molecular formula is C13H15N5O2S. The fourth-order valence-electron chi connectivity index (χ4n) is 1.95. The second kappa shape index (κ2) is 5.54. The predicted molar refractivity (Wildman–Crippen MR) is 80.5 cm³/mol. The van der Waals surface area contributed by atoms with Gasteiger partial charge in [-0.15, -0.1) is 11.3 Å². The average Bonchev–Trinajstić information content (AvgIpc) is 2.89. The summed E-state index contributed by atoms with van der Waals surface area (Å²) in [5.41, 5.74) is -1.17. The summed E-state index contributed by atoms with van der Waals surface area (Å²) in [5.74, 6) is 0.214. The van der Waals surface area contributed by atoms with Crippen LogP contribution in [0.4, 0.5) is 5.82 Å². The summed E-state index contributed by atoms with van der Waals surface area (Å²) < 4.78 is 2.18.